The molecule has 1 unspecified atom stereocenters. The summed E-state index contributed by atoms with van der Waals surface area (Å²) in [5, 5.41) is 4.38. The van der Waals surface area contributed by atoms with Crippen LogP contribution in [0.3, 0.4) is 0 Å². The van der Waals surface area contributed by atoms with E-state index in [0.29, 0.717) is 5.92 Å². The van der Waals surface area contributed by atoms with Crippen molar-refractivity contribution in [3.8, 4) is 0 Å². The number of nitrogens with zero attached hydrogens (tertiary/aromatic N) is 3. The van der Waals surface area contributed by atoms with Crippen LogP contribution in [0.15, 0.2) is 41.3 Å². The largest absolute Gasteiger partial charge is 0.337 e. The zero-order valence-electron chi connectivity index (χ0n) is 13.7. The first-order valence-corrected chi connectivity index (χ1v) is 9.17. The fraction of sp³-hybridized carbons (Fsp3) is 0.444. The lowest BCUT2D eigenvalue weighted by Crippen LogP contribution is -2.30. The van der Waals surface area contributed by atoms with E-state index in [9.17, 15) is 4.79 Å². The molecular weight excluding hydrogens is 306 g/mol. The molecule has 0 saturated carbocycles. The van der Waals surface area contributed by atoms with Gasteiger partial charge in [-0.05, 0) is 44.4 Å². The third-order valence-corrected chi connectivity index (χ3v) is 5.47. The number of carbonyl (C=O) groups excluding carboxylic acids is 1. The molecule has 1 aromatic carbocycles. The third-order valence-electron chi connectivity index (χ3n) is 4.22. The molecular formula is C18H23N3OS. The molecule has 1 atom stereocenters. The maximum atomic E-state index is 12.7. The maximum absolute atomic E-state index is 12.7. The quantitative estimate of drug-likeness (QED) is 0.789. The second kappa shape index (κ2) is 7.21. The molecule has 1 aliphatic heterocycles. The molecule has 23 heavy (non-hydrogen) atoms. The van der Waals surface area contributed by atoms with Gasteiger partial charge in [-0.2, -0.15) is 5.10 Å². The lowest BCUT2D eigenvalue weighted by Gasteiger charge is -2.17. The van der Waals surface area contributed by atoms with E-state index in [1.807, 2.05) is 47.3 Å². The van der Waals surface area contributed by atoms with Gasteiger partial charge in [-0.3, -0.25) is 9.48 Å². The fourth-order valence-corrected chi connectivity index (χ4v) is 4.05. The summed E-state index contributed by atoms with van der Waals surface area (Å²) in [7, 11) is 0. The van der Waals surface area contributed by atoms with E-state index < -0.39 is 0 Å². The van der Waals surface area contributed by atoms with Crippen LogP contribution < -0.4 is 0 Å². The van der Waals surface area contributed by atoms with E-state index >= 15 is 0 Å². The van der Waals surface area contributed by atoms with E-state index in [4.69, 9.17) is 0 Å². The van der Waals surface area contributed by atoms with Gasteiger partial charge < -0.3 is 4.90 Å². The summed E-state index contributed by atoms with van der Waals surface area (Å²) < 4.78 is 1.81. The first-order valence-electron chi connectivity index (χ1n) is 8.19. The average molecular weight is 329 g/mol. The summed E-state index contributed by atoms with van der Waals surface area (Å²) in [5.41, 5.74) is 1.63. The standard InChI is InChI=1S/C18H23N3OS/c1-3-21-17(11-14(2)19-21)18(22)20-10-9-15(12-20)13-23-16-7-5-4-6-8-16/h4-8,11,15H,3,9-10,12-13H2,1-2H3. The minimum absolute atomic E-state index is 0.125. The smallest absolute Gasteiger partial charge is 0.272 e. The fourth-order valence-electron chi connectivity index (χ4n) is 3.00. The van der Waals surface area contributed by atoms with Gasteiger partial charge in [0.05, 0.1) is 5.69 Å². The molecule has 0 N–H and O–H groups in total. The first-order chi connectivity index (χ1) is 11.2. The van der Waals surface area contributed by atoms with E-state index in [2.05, 4.69) is 29.4 Å². The Bertz CT molecular complexity index is 668. The van der Waals surface area contributed by atoms with Crippen molar-refractivity contribution in [2.45, 2.75) is 31.7 Å². The van der Waals surface area contributed by atoms with Crippen molar-refractivity contribution in [1.82, 2.24) is 14.7 Å². The van der Waals surface area contributed by atoms with Crippen molar-refractivity contribution in [2.24, 2.45) is 5.92 Å². The SMILES string of the molecule is CCn1nc(C)cc1C(=O)N1CCC(CSc2ccccc2)C1. The van der Waals surface area contributed by atoms with Crippen LogP contribution in [-0.2, 0) is 6.54 Å². The van der Waals surface area contributed by atoms with Crippen LogP contribution >= 0.6 is 11.8 Å². The van der Waals surface area contributed by atoms with E-state index in [1.54, 1.807) is 0 Å². The molecule has 4 nitrogen and oxygen atoms in total. The third kappa shape index (κ3) is 3.78. The molecule has 2 heterocycles. The Hall–Kier alpha value is -1.75. The summed E-state index contributed by atoms with van der Waals surface area (Å²) in [6.45, 7) is 6.40. The van der Waals surface area contributed by atoms with Crippen LogP contribution in [0.1, 0.15) is 29.5 Å². The Morgan fingerprint density at radius 2 is 2.13 bits per heavy atom. The molecule has 1 fully saturated rings. The van der Waals surface area contributed by atoms with Gasteiger partial charge in [0.1, 0.15) is 5.69 Å². The van der Waals surface area contributed by atoms with E-state index in [-0.39, 0.29) is 5.91 Å². The number of thioether (sulfide) groups is 1. The van der Waals surface area contributed by atoms with Crippen LogP contribution in [0.5, 0.6) is 0 Å². The number of aromatic nitrogens is 2. The zero-order valence-corrected chi connectivity index (χ0v) is 14.6. The topological polar surface area (TPSA) is 38.1 Å². The summed E-state index contributed by atoms with van der Waals surface area (Å²) in [5.74, 6) is 1.77. The molecule has 0 bridgehead atoms. The van der Waals surface area contributed by atoms with Crippen LogP contribution in [0.25, 0.3) is 0 Å². The zero-order chi connectivity index (χ0) is 16.2. The molecule has 1 amide bonds. The molecule has 1 aromatic heterocycles. The Labute approximate surface area is 141 Å². The van der Waals surface area contributed by atoms with Crippen molar-refractivity contribution in [1.29, 1.82) is 0 Å². The molecule has 122 valence electrons. The molecule has 0 aliphatic carbocycles. The van der Waals surface area contributed by atoms with Crippen molar-refractivity contribution in [2.75, 3.05) is 18.8 Å². The summed E-state index contributed by atoms with van der Waals surface area (Å²) >= 11 is 1.88. The van der Waals surface area contributed by atoms with Gasteiger partial charge in [-0.25, -0.2) is 0 Å². The predicted molar refractivity (Wildman–Crippen MR) is 93.8 cm³/mol. The highest BCUT2D eigenvalue weighted by molar-refractivity contribution is 7.99. The summed E-state index contributed by atoms with van der Waals surface area (Å²) in [6.07, 6.45) is 1.09. The van der Waals surface area contributed by atoms with Gasteiger partial charge in [0.2, 0.25) is 0 Å². The Kier molecular flexibility index (Phi) is 5.06. The number of likely N-dealkylation sites (tertiary alicyclic amines) is 1. The lowest BCUT2D eigenvalue weighted by atomic mass is 10.2. The molecule has 0 radical (unpaired) electrons. The highest BCUT2D eigenvalue weighted by Gasteiger charge is 2.28. The number of benzene rings is 1. The van der Waals surface area contributed by atoms with Crippen molar-refractivity contribution < 1.29 is 4.79 Å². The number of carbonyl (C=O) groups is 1. The Balaban J connectivity index is 1.57. The normalized spacial score (nSPS) is 17.7. The molecule has 1 aliphatic rings. The number of aryl methyl sites for hydroxylation is 2. The number of hydrogen-bond donors (Lipinski definition) is 0. The van der Waals surface area contributed by atoms with E-state index in [1.165, 1.54) is 4.90 Å². The number of hydrogen-bond acceptors (Lipinski definition) is 3. The van der Waals surface area contributed by atoms with Gasteiger partial charge in [0.25, 0.3) is 5.91 Å². The van der Waals surface area contributed by atoms with Crippen LogP contribution in [-0.4, -0.2) is 39.4 Å². The van der Waals surface area contributed by atoms with Crippen molar-refractivity contribution >= 4 is 17.7 Å². The monoisotopic (exact) mass is 329 g/mol. The van der Waals surface area contributed by atoms with Crippen molar-refractivity contribution in [3.63, 3.8) is 0 Å². The minimum Gasteiger partial charge on any atom is -0.337 e. The van der Waals surface area contributed by atoms with Gasteiger partial charge in [0, 0.05) is 30.3 Å². The molecule has 0 spiro atoms. The van der Waals surface area contributed by atoms with Crippen LogP contribution in [0.2, 0.25) is 0 Å². The Morgan fingerprint density at radius 1 is 1.35 bits per heavy atom. The van der Waals surface area contributed by atoms with Gasteiger partial charge in [-0.15, -0.1) is 11.8 Å². The average Bonchev–Trinajstić information content (AvgIpc) is 3.19. The second-order valence-electron chi connectivity index (χ2n) is 6.02. The number of amides is 1. The number of rotatable bonds is 5. The highest BCUT2D eigenvalue weighted by Crippen LogP contribution is 2.26. The molecule has 2 aromatic rings. The molecule has 3 rings (SSSR count). The Morgan fingerprint density at radius 3 is 2.87 bits per heavy atom. The van der Waals surface area contributed by atoms with E-state index in [0.717, 1.165) is 43.2 Å². The van der Waals surface area contributed by atoms with Gasteiger partial charge >= 0.3 is 0 Å². The van der Waals surface area contributed by atoms with Gasteiger partial charge in [0.15, 0.2) is 0 Å². The predicted octanol–water partition coefficient (Wildman–Crippen LogP) is 3.47. The minimum atomic E-state index is 0.125. The molecule has 1 saturated heterocycles. The van der Waals surface area contributed by atoms with Gasteiger partial charge in [-0.1, -0.05) is 18.2 Å². The highest BCUT2D eigenvalue weighted by atomic mass is 32.2. The van der Waals surface area contributed by atoms with Crippen LogP contribution in [0.4, 0.5) is 0 Å². The van der Waals surface area contributed by atoms with Crippen molar-refractivity contribution in [3.05, 3.63) is 47.8 Å². The van der Waals surface area contributed by atoms with Crippen LogP contribution in [0, 0.1) is 12.8 Å². The maximum Gasteiger partial charge on any atom is 0.272 e. The summed E-state index contributed by atoms with van der Waals surface area (Å²) in [6, 6.07) is 12.4. The lowest BCUT2D eigenvalue weighted by molar-refractivity contribution is 0.0776. The molecule has 5 heteroatoms. The summed E-state index contributed by atoms with van der Waals surface area (Å²) in [4.78, 5) is 16.0. The second-order valence-corrected chi connectivity index (χ2v) is 7.11. The first kappa shape index (κ1) is 16.1.